The molecular formula is C18H30N4O+2. The van der Waals surface area contributed by atoms with Crippen molar-refractivity contribution in [3.05, 3.63) is 34.4 Å². The van der Waals surface area contributed by atoms with E-state index in [9.17, 15) is 0 Å². The summed E-state index contributed by atoms with van der Waals surface area (Å²) in [5.74, 6) is 2.59. The van der Waals surface area contributed by atoms with E-state index in [-0.39, 0.29) is 0 Å². The molecule has 0 amide bonds. The first-order valence-corrected chi connectivity index (χ1v) is 8.44. The van der Waals surface area contributed by atoms with E-state index in [1.54, 1.807) is 0 Å². The molecule has 0 aliphatic carbocycles. The molecule has 1 aliphatic heterocycles. The lowest BCUT2D eigenvalue weighted by Gasteiger charge is -2.00. The highest BCUT2D eigenvalue weighted by Crippen LogP contribution is 2.24. The summed E-state index contributed by atoms with van der Waals surface area (Å²) in [5, 5.41) is 0. The van der Waals surface area contributed by atoms with Gasteiger partial charge in [-0.15, -0.1) is 0 Å². The molecule has 0 N–H and O–H groups in total. The van der Waals surface area contributed by atoms with Crippen molar-refractivity contribution in [3.8, 4) is 0 Å². The van der Waals surface area contributed by atoms with Gasteiger partial charge >= 0.3 is 0 Å². The molecule has 0 aromatic carbocycles. The minimum atomic E-state index is 0.325. The highest BCUT2D eigenvalue weighted by atomic mass is 16.6. The molecule has 126 valence electrons. The zero-order valence-corrected chi connectivity index (χ0v) is 15.8. The molecule has 1 aliphatic rings. The summed E-state index contributed by atoms with van der Waals surface area (Å²) in [5.41, 5.74) is 5.35. The molecule has 0 spiro atoms. The van der Waals surface area contributed by atoms with Crippen LogP contribution in [0.25, 0.3) is 0 Å². The third-order valence-corrected chi connectivity index (χ3v) is 6.03. The van der Waals surface area contributed by atoms with E-state index in [0.29, 0.717) is 12.2 Å². The Kier molecular flexibility index (Phi) is 3.87. The van der Waals surface area contributed by atoms with Gasteiger partial charge in [0.2, 0.25) is 0 Å². The third kappa shape index (κ3) is 2.51. The monoisotopic (exact) mass is 318 g/mol. The van der Waals surface area contributed by atoms with E-state index < -0.39 is 0 Å². The van der Waals surface area contributed by atoms with Gasteiger partial charge in [0.25, 0.3) is 11.6 Å². The number of imidazole rings is 2. The average molecular weight is 318 g/mol. The first-order valence-electron chi connectivity index (χ1n) is 8.44. The standard InChI is InChI=1S/C18H30N4O/c1-11-13(3)21(15(5)19(11)7)9-17-18(23-17)10-22-14(4)12(2)20(8)16(22)6/h17-18H,9-10H2,1-8H3/q+2/t17-,18-/m0/s1. The van der Waals surface area contributed by atoms with Gasteiger partial charge in [-0.3, -0.25) is 0 Å². The fourth-order valence-electron chi connectivity index (χ4n) is 3.61. The summed E-state index contributed by atoms with van der Waals surface area (Å²) in [6, 6.07) is 0. The van der Waals surface area contributed by atoms with Gasteiger partial charge in [0.05, 0.1) is 14.1 Å². The predicted octanol–water partition coefficient (Wildman–Crippen LogP) is 1.26. The molecule has 5 nitrogen and oxygen atoms in total. The Balaban J connectivity index is 1.72. The second-order valence-electron chi connectivity index (χ2n) is 6.99. The largest absolute Gasteiger partial charge is 0.361 e. The van der Waals surface area contributed by atoms with Crippen LogP contribution in [0.3, 0.4) is 0 Å². The molecular weight excluding hydrogens is 288 g/mol. The highest BCUT2D eigenvalue weighted by molar-refractivity contribution is 5.07. The Morgan fingerprint density at radius 2 is 1.09 bits per heavy atom. The second kappa shape index (κ2) is 5.48. The van der Waals surface area contributed by atoms with Gasteiger partial charge in [0.1, 0.15) is 48.1 Å². The summed E-state index contributed by atoms with van der Waals surface area (Å²) in [6.45, 7) is 15.0. The zero-order valence-electron chi connectivity index (χ0n) is 15.8. The number of aromatic nitrogens is 4. The number of rotatable bonds is 4. The second-order valence-corrected chi connectivity index (χ2v) is 6.99. The number of hydrogen-bond acceptors (Lipinski definition) is 1. The van der Waals surface area contributed by atoms with Crippen molar-refractivity contribution in [3.63, 3.8) is 0 Å². The molecule has 3 heterocycles. The predicted molar refractivity (Wildman–Crippen MR) is 88.3 cm³/mol. The molecule has 2 aromatic rings. The first-order chi connectivity index (χ1) is 10.7. The highest BCUT2D eigenvalue weighted by Gasteiger charge is 2.44. The van der Waals surface area contributed by atoms with E-state index in [1.807, 2.05) is 0 Å². The van der Waals surface area contributed by atoms with Crippen LogP contribution >= 0.6 is 0 Å². The maximum atomic E-state index is 5.98. The molecule has 0 unspecified atom stereocenters. The topological polar surface area (TPSA) is 30.1 Å². The van der Waals surface area contributed by atoms with Gasteiger partial charge in [-0.1, -0.05) is 0 Å². The van der Waals surface area contributed by atoms with Crippen molar-refractivity contribution in [2.24, 2.45) is 14.1 Å². The SMILES string of the molecule is Cc1c(C)[n+](C[C@@H]2O[C@H]2C[n+]2c(C)c(C)n(C)c2C)c(C)n1C. The van der Waals surface area contributed by atoms with Gasteiger partial charge in [0.15, 0.2) is 0 Å². The Morgan fingerprint density at radius 1 is 0.739 bits per heavy atom. The third-order valence-electron chi connectivity index (χ3n) is 6.03. The normalized spacial score (nSPS) is 20.3. The van der Waals surface area contributed by atoms with Crippen LogP contribution in [0, 0.1) is 41.5 Å². The average Bonchev–Trinajstić information content (AvgIpc) is 3.21. The van der Waals surface area contributed by atoms with Gasteiger partial charge in [-0.05, 0) is 0 Å². The van der Waals surface area contributed by atoms with Crippen LogP contribution in [0.5, 0.6) is 0 Å². The van der Waals surface area contributed by atoms with E-state index in [1.165, 1.54) is 34.4 Å². The summed E-state index contributed by atoms with van der Waals surface area (Å²) in [4.78, 5) is 0. The summed E-state index contributed by atoms with van der Waals surface area (Å²) in [7, 11) is 4.27. The van der Waals surface area contributed by atoms with E-state index >= 15 is 0 Å². The van der Waals surface area contributed by atoms with Crippen molar-refractivity contribution in [1.82, 2.24) is 9.13 Å². The molecule has 3 rings (SSSR count). The Hall–Kier alpha value is -1.62. The Labute approximate surface area is 139 Å². The fourth-order valence-corrected chi connectivity index (χ4v) is 3.61. The van der Waals surface area contributed by atoms with Crippen LogP contribution in [0.4, 0.5) is 0 Å². The van der Waals surface area contributed by atoms with Crippen molar-refractivity contribution < 1.29 is 13.9 Å². The summed E-state index contributed by atoms with van der Waals surface area (Å²) < 4.78 is 15.3. The van der Waals surface area contributed by atoms with Crippen LogP contribution < -0.4 is 9.13 Å². The lowest BCUT2D eigenvalue weighted by Crippen LogP contribution is -2.44. The fraction of sp³-hybridized carbons (Fsp3) is 0.667. The maximum absolute atomic E-state index is 5.98. The van der Waals surface area contributed by atoms with Gasteiger partial charge in [-0.25, -0.2) is 18.3 Å². The van der Waals surface area contributed by atoms with Crippen molar-refractivity contribution in [2.75, 3.05) is 0 Å². The van der Waals surface area contributed by atoms with Gasteiger partial charge in [0, 0.05) is 41.5 Å². The smallest absolute Gasteiger partial charge is 0.253 e. The van der Waals surface area contributed by atoms with Crippen LogP contribution in [0.1, 0.15) is 34.4 Å². The zero-order chi connectivity index (χ0) is 17.0. The number of hydrogen-bond donors (Lipinski definition) is 0. The summed E-state index contributed by atoms with van der Waals surface area (Å²) >= 11 is 0. The Bertz CT molecular complexity index is 654. The van der Waals surface area contributed by atoms with Crippen LogP contribution in [0.2, 0.25) is 0 Å². The van der Waals surface area contributed by atoms with Crippen LogP contribution in [-0.2, 0) is 31.9 Å². The minimum absolute atomic E-state index is 0.325. The molecule has 2 atom stereocenters. The first kappa shape index (κ1) is 16.2. The lowest BCUT2D eigenvalue weighted by molar-refractivity contribution is -0.714. The molecule has 5 heteroatoms. The van der Waals surface area contributed by atoms with Gasteiger partial charge in [-0.2, -0.15) is 0 Å². The molecule has 0 radical (unpaired) electrons. The molecule has 0 bridgehead atoms. The quantitative estimate of drug-likeness (QED) is 0.616. The molecule has 1 saturated heterocycles. The lowest BCUT2D eigenvalue weighted by atomic mass is 10.2. The number of ether oxygens (including phenoxy) is 1. The van der Waals surface area contributed by atoms with Gasteiger partial charge < -0.3 is 4.74 Å². The molecule has 2 aromatic heterocycles. The molecule has 0 saturated carbocycles. The molecule has 1 fully saturated rings. The Morgan fingerprint density at radius 3 is 1.35 bits per heavy atom. The number of nitrogens with zero attached hydrogens (tertiary/aromatic N) is 4. The van der Waals surface area contributed by atoms with Crippen LogP contribution in [-0.4, -0.2) is 21.3 Å². The minimum Gasteiger partial charge on any atom is -0.361 e. The van der Waals surface area contributed by atoms with E-state index in [2.05, 4.69) is 73.9 Å². The van der Waals surface area contributed by atoms with Crippen molar-refractivity contribution >= 4 is 0 Å². The molecule has 23 heavy (non-hydrogen) atoms. The van der Waals surface area contributed by atoms with Crippen LogP contribution in [0.15, 0.2) is 0 Å². The van der Waals surface area contributed by atoms with Crippen molar-refractivity contribution in [1.29, 1.82) is 0 Å². The van der Waals surface area contributed by atoms with E-state index in [4.69, 9.17) is 4.74 Å². The maximum Gasteiger partial charge on any atom is 0.253 e. The van der Waals surface area contributed by atoms with E-state index in [0.717, 1.165) is 13.1 Å². The number of epoxide rings is 1. The van der Waals surface area contributed by atoms with Crippen molar-refractivity contribution in [2.45, 2.75) is 66.8 Å². The summed E-state index contributed by atoms with van der Waals surface area (Å²) in [6.07, 6.45) is 0.650.